The second-order valence-corrected chi connectivity index (χ2v) is 2.85. The van der Waals surface area contributed by atoms with Crippen LogP contribution in [0.2, 0.25) is 0 Å². The Hall–Kier alpha value is -1.49. The summed E-state index contributed by atoms with van der Waals surface area (Å²) in [7, 11) is 0. The number of hydrogen-bond acceptors (Lipinski definition) is 4. The minimum absolute atomic E-state index is 0.0301. The van der Waals surface area contributed by atoms with E-state index in [-0.39, 0.29) is 5.69 Å². The van der Waals surface area contributed by atoms with E-state index in [0.29, 0.717) is 0 Å². The van der Waals surface area contributed by atoms with Gasteiger partial charge in [0.25, 0.3) is 0 Å². The van der Waals surface area contributed by atoms with E-state index < -0.39 is 5.97 Å². The minimum atomic E-state index is -1.05. The number of nitrogens with one attached hydrogen (secondary N) is 1. The van der Waals surface area contributed by atoms with Crippen molar-refractivity contribution in [2.24, 2.45) is 0 Å². The van der Waals surface area contributed by atoms with Crippen molar-refractivity contribution in [2.75, 3.05) is 13.1 Å². The molecule has 14 heavy (non-hydrogen) atoms. The molecule has 2 heterocycles. The maximum absolute atomic E-state index is 10.1. The lowest BCUT2D eigenvalue weighted by Crippen LogP contribution is -2.03. The molecule has 1 aliphatic heterocycles. The molecule has 0 unspecified atom stereocenters. The van der Waals surface area contributed by atoms with Crippen LogP contribution in [0.3, 0.4) is 0 Å². The van der Waals surface area contributed by atoms with Gasteiger partial charge in [-0.2, -0.15) is 0 Å². The highest BCUT2D eigenvalue weighted by Gasteiger charge is 2.00. The number of carboxylic acids is 1. The van der Waals surface area contributed by atoms with Gasteiger partial charge >= 0.3 is 5.97 Å². The first-order chi connectivity index (χ1) is 6.80. The van der Waals surface area contributed by atoms with E-state index in [1.165, 1.54) is 44.5 Å². The second kappa shape index (κ2) is 6.04. The van der Waals surface area contributed by atoms with E-state index in [0.717, 1.165) is 0 Å². The van der Waals surface area contributed by atoms with Crippen molar-refractivity contribution in [1.29, 1.82) is 0 Å². The molecule has 1 saturated heterocycles. The molecule has 0 atom stereocenters. The lowest BCUT2D eigenvalue weighted by molar-refractivity contribution is 0.0690. The average Bonchev–Trinajstić information content (AvgIpc) is 2.77. The quantitative estimate of drug-likeness (QED) is 0.684. The van der Waals surface area contributed by atoms with Crippen LogP contribution in [0, 0.1) is 0 Å². The van der Waals surface area contributed by atoms with Crippen LogP contribution in [-0.4, -0.2) is 34.1 Å². The monoisotopic (exact) mass is 195 g/mol. The van der Waals surface area contributed by atoms with Gasteiger partial charge in [-0.25, -0.2) is 9.78 Å². The zero-order valence-electron chi connectivity index (χ0n) is 7.81. The van der Waals surface area contributed by atoms with Gasteiger partial charge in [-0.1, -0.05) is 0 Å². The number of aromatic nitrogens is 2. The first-order valence-electron chi connectivity index (χ1n) is 4.51. The smallest absolute Gasteiger partial charge is 0.356 e. The average molecular weight is 195 g/mol. The summed E-state index contributed by atoms with van der Waals surface area (Å²) in [6, 6.07) is 0. The normalized spacial score (nSPS) is 14.3. The fourth-order valence-electron chi connectivity index (χ4n) is 1.03. The highest BCUT2D eigenvalue weighted by Crippen LogP contribution is 1.90. The zero-order valence-corrected chi connectivity index (χ0v) is 7.81. The number of rotatable bonds is 1. The number of carboxylic acid groups (broad SMARTS) is 1. The fourth-order valence-corrected chi connectivity index (χ4v) is 1.03. The Morgan fingerprint density at radius 3 is 2.36 bits per heavy atom. The van der Waals surface area contributed by atoms with E-state index in [9.17, 15) is 4.79 Å². The van der Waals surface area contributed by atoms with Gasteiger partial charge in [0.15, 0.2) is 5.69 Å². The number of carbonyl (C=O) groups is 1. The number of aromatic carboxylic acids is 1. The Morgan fingerprint density at radius 2 is 2.07 bits per heavy atom. The standard InChI is InChI=1S/C5H4N2O2.C4H9N/c8-5(9)4-3-6-1-2-7-4;1-2-4-5-3-1/h1-3H,(H,8,9);5H,1-4H2. The molecule has 0 aliphatic carbocycles. The van der Waals surface area contributed by atoms with Gasteiger partial charge in [0, 0.05) is 12.4 Å². The van der Waals surface area contributed by atoms with Crippen LogP contribution < -0.4 is 5.32 Å². The van der Waals surface area contributed by atoms with E-state index in [1.807, 2.05) is 0 Å². The molecule has 0 aromatic carbocycles. The van der Waals surface area contributed by atoms with Crippen LogP contribution in [0.4, 0.5) is 0 Å². The SMILES string of the molecule is C1CCNC1.O=C(O)c1cnccn1. The van der Waals surface area contributed by atoms with Gasteiger partial charge in [-0.05, 0) is 25.9 Å². The van der Waals surface area contributed by atoms with Gasteiger partial charge in [-0.3, -0.25) is 4.98 Å². The molecular weight excluding hydrogens is 182 g/mol. The Morgan fingerprint density at radius 1 is 1.36 bits per heavy atom. The molecule has 0 bridgehead atoms. The molecule has 1 aliphatic rings. The Kier molecular flexibility index (Phi) is 4.57. The summed E-state index contributed by atoms with van der Waals surface area (Å²) >= 11 is 0. The predicted molar refractivity (Wildman–Crippen MR) is 51.1 cm³/mol. The van der Waals surface area contributed by atoms with Crippen molar-refractivity contribution in [3.8, 4) is 0 Å². The molecule has 76 valence electrons. The van der Waals surface area contributed by atoms with Crippen molar-refractivity contribution in [3.63, 3.8) is 0 Å². The zero-order chi connectivity index (χ0) is 10.2. The Labute approximate surface area is 82.2 Å². The van der Waals surface area contributed by atoms with Crippen LogP contribution in [0.15, 0.2) is 18.6 Å². The summed E-state index contributed by atoms with van der Waals surface area (Å²) in [5.41, 5.74) is -0.0301. The Bertz CT molecular complexity index is 265. The molecule has 1 aromatic rings. The minimum Gasteiger partial charge on any atom is -0.476 e. The van der Waals surface area contributed by atoms with Gasteiger partial charge in [0.1, 0.15) is 0 Å². The van der Waals surface area contributed by atoms with Gasteiger partial charge < -0.3 is 10.4 Å². The maximum Gasteiger partial charge on any atom is 0.356 e. The van der Waals surface area contributed by atoms with Crippen molar-refractivity contribution in [3.05, 3.63) is 24.3 Å². The predicted octanol–water partition coefficient (Wildman–Crippen LogP) is 0.545. The van der Waals surface area contributed by atoms with Crippen molar-refractivity contribution in [1.82, 2.24) is 15.3 Å². The summed E-state index contributed by atoms with van der Waals surface area (Å²) in [4.78, 5) is 17.2. The third-order valence-electron chi connectivity index (χ3n) is 1.74. The van der Waals surface area contributed by atoms with E-state index in [2.05, 4.69) is 15.3 Å². The molecule has 0 radical (unpaired) electrons. The molecule has 2 N–H and O–H groups in total. The van der Waals surface area contributed by atoms with E-state index in [4.69, 9.17) is 5.11 Å². The molecule has 2 rings (SSSR count). The Balaban J connectivity index is 0.000000165. The number of nitrogens with zero attached hydrogens (tertiary/aromatic N) is 2. The first kappa shape index (κ1) is 10.6. The van der Waals surface area contributed by atoms with Crippen LogP contribution in [0.1, 0.15) is 23.3 Å². The first-order valence-corrected chi connectivity index (χ1v) is 4.51. The highest BCUT2D eigenvalue weighted by atomic mass is 16.4. The van der Waals surface area contributed by atoms with E-state index in [1.54, 1.807) is 0 Å². The molecule has 0 spiro atoms. The third kappa shape index (κ3) is 3.95. The summed E-state index contributed by atoms with van der Waals surface area (Å²) in [5.74, 6) is -1.05. The number of hydrogen-bond donors (Lipinski definition) is 2. The molecule has 5 heteroatoms. The van der Waals surface area contributed by atoms with Crippen LogP contribution >= 0.6 is 0 Å². The lowest BCUT2D eigenvalue weighted by atomic mass is 10.4. The molecule has 5 nitrogen and oxygen atoms in total. The summed E-state index contributed by atoms with van der Waals surface area (Å²) < 4.78 is 0. The fraction of sp³-hybridized carbons (Fsp3) is 0.444. The van der Waals surface area contributed by atoms with Gasteiger partial charge in [0.05, 0.1) is 6.20 Å². The van der Waals surface area contributed by atoms with E-state index >= 15 is 0 Å². The van der Waals surface area contributed by atoms with Crippen LogP contribution in [-0.2, 0) is 0 Å². The summed E-state index contributed by atoms with van der Waals surface area (Å²) in [6.07, 6.45) is 6.73. The second-order valence-electron chi connectivity index (χ2n) is 2.85. The third-order valence-corrected chi connectivity index (χ3v) is 1.74. The largest absolute Gasteiger partial charge is 0.476 e. The van der Waals surface area contributed by atoms with Crippen LogP contribution in [0.25, 0.3) is 0 Å². The van der Waals surface area contributed by atoms with Crippen molar-refractivity contribution >= 4 is 5.97 Å². The molecule has 0 saturated carbocycles. The van der Waals surface area contributed by atoms with Crippen molar-refractivity contribution in [2.45, 2.75) is 12.8 Å². The lowest BCUT2D eigenvalue weighted by Gasteiger charge is -1.86. The van der Waals surface area contributed by atoms with Gasteiger partial charge in [0.2, 0.25) is 0 Å². The van der Waals surface area contributed by atoms with Crippen LogP contribution in [0.5, 0.6) is 0 Å². The highest BCUT2D eigenvalue weighted by molar-refractivity contribution is 5.84. The summed E-state index contributed by atoms with van der Waals surface area (Å²) in [5, 5.41) is 11.5. The molecular formula is C9H13N3O2. The summed E-state index contributed by atoms with van der Waals surface area (Å²) in [6.45, 7) is 2.50. The molecule has 1 aromatic heterocycles. The topological polar surface area (TPSA) is 75.1 Å². The van der Waals surface area contributed by atoms with Gasteiger partial charge in [-0.15, -0.1) is 0 Å². The molecule has 1 fully saturated rings. The molecule has 0 amide bonds. The van der Waals surface area contributed by atoms with Crippen molar-refractivity contribution < 1.29 is 9.90 Å². The maximum atomic E-state index is 10.1.